The van der Waals surface area contributed by atoms with Crippen LogP contribution in [0.1, 0.15) is 20.3 Å². The Morgan fingerprint density at radius 1 is 1.47 bits per heavy atom. The van der Waals surface area contributed by atoms with Gasteiger partial charge in [-0.2, -0.15) is 0 Å². The Labute approximate surface area is 101 Å². The van der Waals surface area contributed by atoms with Gasteiger partial charge in [0.05, 0.1) is 6.54 Å². The van der Waals surface area contributed by atoms with Gasteiger partial charge in [-0.05, 0) is 0 Å². The Hall–Kier alpha value is -1.96. The zero-order chi connectivity index (χ0) is 13.0. The lowest BCUT2D eigenvalue weighted by Crippen LogP contribution is -2.36. The van der Waals surface area contributed by atoms with Gasteiger partial charge in [0.15, 0.2) is 10.7 Å². The molecule has 0 fully saturated rings. The van der Waals surface area contributed by atoms with Crippen molar-refractivity contribution < 1.29 is 19.5 Å². The molecule has 0 radical (unpaired) electrons. The SMILES string of the molecule is CN(C)C(=O)CNC(=O)c1nc(C(=O)O)cs1. The van der Waals surface area contributed by atoms with E-state index in [9.17, 15) is 14.4 Å². The summed E-state index contributed by atoms with van der Waals surface area (Å²) in [6.07, 6.45) is 0. The Morgan fingerprint density at radius 2 is 2.12 bits per heavy atom. The minimum absolute atomic E-state index is 0.0222. The Morgan fingerprint density at radius 3 is 2.59 bits per heavy atom. The van der Waals surface area contributed by atoms with Crippen molar-refractivity contribution in [3.8, 4) is 0 Å². The van der Waals surface area contributed by atoms with Crippen LogP contribution in [0.4, 0.5) is 0 Å². The molecular formula is C9H11N3O4S. The van der Waals surface area contributed by atoms with Crippen molar-refractivity contribution in [2.45, 2.75) is 0 Å². The van der Waals surface area contributed by atoms with Crippen LogP contribution in [0.25, 0.3) is 0 Å². The highest BCUT2D eigenvalue weighted by molar-refractivity contribution is 7.11. The Bertz CT molecular complexity index is 455. The van der Waals surface area contributed by atoms with Crippen molar-refractivity contribution in [3.05, 3.63) is 16.1 Å². The lowest BCUT2D eigenvalue weighted by atomic mass is 10.5. The summed E-state index contributed by atoms with van der Waals surface area (Å²) in [5, 5.41) is 12.3. The second-order valence-electron chi connectivity index (χ2n) is 3.31. The van der Waals surface area contributed by atoms with Crippen molar-refractivity contribution in [1.82, 2.24) is 15.2 Å². The number of amides is 2. The molecular weight excluding hydrogens is 246 g/mol. The monoisotopic (exact) mass is 257 g/mol. The van der Waals surface area contributed by atoms with Crippen molar-refractivity contribution in [3.63, 3.8) is 0 Å². The van der Waals surface area contributed by atoms with E-state index in [0.29, 0.717) is 0 Å². The van der Waals surface area contributed by atoms with Gasteiger partial charge in [0.2, 0.25) is 5.91 Å². The van der Waals surface area contributed by atoms with Crippen LogP contribution in [0.15, 0.2) is 5.38 Å². The van der Waals surface area contributed by atoms with Gasteiger partial charge in [-0.25, -0.2) is 9.78 Å². The van der Waals surface area contributed by atoms with Crippen molar-refractivity contribution in [2.24, 2.45) is 0 Å². The molecule has 0 aliphatic heterocycles. The van der Waals surface area contributed by atoms with Crippen molar-refractivity contribution in [2.75, 3.05) is 20.6 Å². The number of likely N-dealkylation sites (N-methyl/N-ethyl adjacent to an activating group) is 1. The van der Waals surface area contributed by atoms with Gasteiger partial charge < -0.3 is 15.3 Å². The highest BCUT2D eigenvalue weighted by atomic mass is 32.1. The topological polar surface area (TPSA) is 99.6 Å². The highest BCUT2D eigenvalue weighted by Gasteiger charge is 2.15. The smallest absolute Gasteiger partial charge is 0.355 e. The number of aromatic carboxylic acids is 1. The molecule has 1 heterocycles. The van der Waals surface area contributed by atoms with Crippen LogP contribution in [-0.4, -0.2) is 53.4 Å². The normalized spacial score (nSPS) is 9.76. The number of rotatable bonds is 4. The van der Waals surface area contributed by atoms with E-state index in [2.05, 4.69) is 10.3 Å². The number of hydrogen-bond acceptors (Lipinski definition) is 5. The van der Waals surface area contributed by atoms with Crippen LogP contribution < -0.4 is 5.32 Å². The van der Waals surface area contributed by atoms with Gasteiger partial charge in [-0.15, -0.1) is 11.3 Å². The number of carboxylic acid groups (broad SMARTS) is 1. The molecule has 8 heteroatoms. The molecule has 0 aromatic carbocycles. The standard InChI is InChI=1S/C9H11N3O4S/c1-12(2)6(13)3-10-7(14)8-11-5(4-17-8)9(15)16/h4H,3H2,1-2H3,(H,10,14)(H,15,16). The van der Waals surface area contributed by atoms with E-state index in [1.807, 2.05) is 0 Å². The fraction of sp³-hybridized carbons (Fsp3) is 0.333. The Kier molecular flexibility index (Phi) is 4.16. The molecule has 7 nitrogen and oxygen atoms in total. The summed E-state index contributed by atoms with van der Waals surface area (Å²) in [6.45, 7) is -0.145. The molecule has 2 amide bonds. The molecule has 92 valence electrons. The first-order chi connectivity index (χ1) is 7.91. The van der Waals surface area contributed by atoms with Crippen molar-refractivity contribution in [1.29, 1.82) is 0 Å². The first-order valence-corrected chi connectivity index (χ1v) is 5.47. The maximum atomic E-state index is 11.5. The predicted octanol–water partition coefficient (Wildman–Crippen LogP) is -0.341. The van der Waals surface area contributed by atoms with Crippen LogP contribution in [0.3, 0.4) is 0 Å². The van der Waals surface area contributed by atoms with E-state index < -0.39 is 11.9 Å². The third-order valence-corrected chi connectivity index (χ3v) is 2.66. The zero-order valence-corrected chi connectivity index (χ0v) is 10.1. The minimum Gasteiger partial charge on any atom is -0.476 e. The number of nitrogens with one attached hydrogen (secondary N) is 1. The van der Waals surface area contributed by atoms with Gasteiger partial charge in [0, 0.05) is 19.5 Å². The van der Waals surface area contributed by atoms with Gasteiger partial charge >= 0.3 is 5.97 Å². The molecule has 1 aromatic rings. The van der Waals surface area contributed by atoms with Crippen LogP contribution in [0, 0.1) is 0 Å². The molecule has 1 aromatic heterocycles. The van der Waals surface area contributed by atoms with Crippen LogP contribution in [-0.2, 0) is 4.79 Å². The zero-order valence-electron chi connectivity index (χ0n) is 9.26. The van der Waals surface area contributed by atoms with E-state index in [1.165, 1.54) is 10.3 Å². The van der Waals surface area contributed by atoms with Crippen molar-refractivity contribution >= 4 is 29.1 Å². The fourth-order valence-electron chi connectivity index (χ4n) is 0.866. The molecule has 0 aliphatic rings. The molecule has 17 heavy (non-hydrogen) atoms. The maximum Gasteiger partial charge on any atom is 0.355 e. The van der Waals surface area contributed by atoms with E-state index >= 15 is 0 Å². The number of hydrogen-bond donors (Lipinski definition) is 2. The number of thiazole rings is 1. The number of nitrogens with zero attached hydrogens (tertiary/aromatic N) is 2. The summed E-state index contributed by atoms with van der Waals surface area (Å²) in [6, 6.07) is 0. The second-order valence-corrected chi connectivity index (χ2v) is 4.17. The van der Waals surface area contributed by atoms with Gasteiger partial charge in [-0.1, -0.05) is 0 Å². The molecule has 0 saturated heterocycles. The quantitative estimate of drug-likeness (QED) is 0.768. The summed E-state index contributed by atoms with van der Waals surface area (Å²) in [7, 11) is 3.14. The number of carboxylic acids is 1. The van der Waals surface area contributed by atoms with Gasteiger partial charge in [0.1, 0.15) is 0 Å². The molecule has 0 saturated carbocycles. The minimum atomic E-state index is -1.19. The molecule has 2 N–H and O–H groups in total. The molecule has 0 aliphatic carbocycles. The van der Waals surface area contributed by atoms with Gasteiger partial charge in [-0.3, -0.25) is 9.59 Å². The molecule has 0 atom stereocenters. The van der Waals surface area contributed by atoms with E-state index in [-0.39, 0.29) is 23.2 Å². The number of aromatic nitrogens is 1. The van der Waals surface area contributed by atoms with E-state index in [0.717, 1.165) is 11.3 Å². The third-order valence-electron chi connectivity index (χ3n) is 1.82. The lowest BCUT2D eigenvalue weighted by molar-refractivity contribution is -0.127. The molecule has 0 spiro atoms. The van der Waals surface area contributed by atoms with E-state index in [4.69, 9.17) is 5.11 Å². The number of carbonyl (C=O) groups excluding carboxylic acids is 2. The predicted molar refractivity (Wildman–Crippen MR) is 60.1 cm³/mol. The molecule has 0 unspecified atom stereocenters. The third kappa shape index (κ3) is 3.52. The molecule has 1 rings (SSSR count). The van der Waals surface area contributed by atoms with Crippen LogP contribution in [0.5, 0.6) is 0 Å². The average Bonchev–Trinajstić information content (AvgIpc) is 2.74. The van der Waals surface area contributed by atoms with Crippen LogP contribution in [0.2, 0.25) is 0 Å². The first-order valence-electron chi connectivity index (χ1n) is 4.59. The largest absolute Gasteiger partial charge is 0.476 e. The summed E-state index contributed by atoms with van der Waals surface area (Å²) >= 11 is 0.917. The maximum absolute atomic E-state index is 11.5. The summed E-state index contributed by atoms with van der Waals surface area (Å²) in [5.41, 5.74) is -0.181. The summed E-state index contributed by atoms with van der Waals surface area (Å²) in [4.78, 5) is 38.2. The highest BCUT2D eigenvalue weighted by Crippen LogP contribution is 2.09. The Balaban J connectivity index is 2.58. The molecule has 0 bridgehead atoms. The second kappa shape index (κ2) is 5.39. The lowest BCUT2D eigenvalue weighted by Gasteiger charge is -2.09. The summed E-state index contributed by atoms with van der Waals surface area (Å²) in [5.74, 6) is -2.00. The van der Waals surface area contributed by atoms with Crippen LogP contribution >= 0.6 is 11.3 Å². The first kappa shape index (κ1) is 13.1. The fourth-order valence-corrected chi connectivity index (χ4v) is 1.57. The number of carbonyl (C=O) groups is 3. The van der Waals surface area contributed by atoms with Gasteiger partial charge in [0.25, 0.3) is 5.91 Å². The van der Waals surface area contributed by atoms with E-state index in [1.54, 1.807) is 14.1 Å². The summed E-state index contributed by atoms with van der Waals surface area (Å²) < 4.78 is 0. The average molecular weight is 257 g/mol.